The molecule has 0 aliphatic heterocycles. The highest BCUT2D eigenvalue weighted by atomic mass is 35.5. The van der Waals surface area contributed by atoms with E-state index in [0.29, 0.717) is 10.8 Å². The van der Waals surface area contributed by atoms with Crippen LogP contribution in [0.5, 0.6) is 5.75 Å². The van der Waals surface area contributed by atoms with E-state index in [-0.39, 0.29) is 24.6 Å². The zero-order valence-electron chi connectivity index (χ0n) is 10.1. The molecule has 1 aromatic rings. The van der Waals surface area contributed by atoms with Gasteiger partial charge in [-0.15, -0.1) is 0 Å². The first-order valence-electron chi connectivity index (χ1n) is 6.08. The third-order valence-electron chi connectivity index (χ3n) is 3.10. The lowest BCUT2D eigenvalue weighted by atomic mass is 10.2. The minimum absolute atomic E-state index is 0.00481. The molecule has 3 N–H and O–H groups in total. The van der Waals surface area contributed by atoms with Crippen LogP contribution in [0, 0.1) is 0 Å². The largest absolute Gasteiger partial charge is 0.484 e. The van der Waals surface area contributed by atoms with Crippen molar-refractivity contribution in [3.63, 3.8) is 0 Å². The van der Waals surface area contributed by atoms with Crippen LogP contribution in [0.1, 0.15) is 19.3 Å². The number of carbonyl (C=O) groups excluding carboxylic acids is 1. The number of halogens is 1. The number of nitrogens with one attached hydrogen (secondary N) is 1. The molecule has 5 heteroatoms. The Bertz CT molecular complexity index is 408. The van der Waals surface area contributed by atoms with Crippen LogP contribution in [-0.4, -0.2) is 24.6 Å². The molecule has 0 heterocycles. The average Bonchev–Trinajstić information content (AvgIpc) is 2.74. The van der Waals surface area contributed by atoms with Crippen LogP contribution in [-0.2, 0) is 4.79 Å². The standard InChI is InChI=1S/C13H17ClN2O2/c14-9-4-6-10(7-5-9)18-8-13(17)16-12-3-1-2-11(12)15/h4-7,11-12H,1-3,8,15H2,(H,16,17). The molecule has 0 spiro atoms. The fraction of sp³-hybridized carbons (Fsp3) is 0.462. The maximum Gasteiger partial charge on any atom is 0.258 e. The van der Waals surface area contributed by atoms with E-state index in [9.17, 15) is 4.79 Å². The van der Waals surface area contributed by atoms with Crippen molar-refractivity contribution in [2.45, 2.75) is 31.3 Å². The summed E-state index contributed by atoms with van der Waals surface area (Å²) in [6.07, 6.45) is 3.00. The quantitative estimate of drug-likeness (QED) is 0.874. The van der Waals surface area contributed by atoms with Crippen LogP contribution in [0.25, 0.3) is 0 Å². The molecule has 0 radical (unpaired) electrons. The van der Waals surface area contributed by atoms with Gasteiger partial charge < -0.3 is 15.8 Å². The summed E-state index contributed by atoms with van der Waals surface area (Å²) in [7, 11) is 0. The van der Waals surface area contributed by atoms with Gasteiger partial charge in [0.25, 0.3) is 5.91 Å². The predicted octanol–water partition coefficient (Wildman–Crippen LogP) is 1.71. The van der Waals surface area contributed by atoms with Gasteiger partial charge in [-0.25, -0.2) is 0 Å². The van der Waals surface area contributed by atoms with Gasteiger partial charge >= 0.3 is 0 Å². The maximum atomic E-state index is 11.7. The van der Waals surface area contributed by atoms with E-state index in [2.05, 4.69) is 5.32 Å². The molecule has 4 nitrogen and oxygen atoms in total. The van der Waals surface area contributed by atoms with E-state index >= 15 is 0 Å². The number of hydrogen-bond donors (Lipinski definition) is 2. The van der Waals surface area contributed by atoms with Crippen molar-refractivity contribution in [3.8, 4) is 5.75 Å². The highest BCUT2D eigenvalue weighted by Crippen LogP contribution is 2.17. The third kappa shape index (κ3) is 3.62. The minimum Gasteiger partial charge on any atom is -0.484 e. The summed E-state index contributed by atoms with van der Waals surface area (Å²) in [5.41, 5.74) is 5.88. The van der Waals surface area contributed by atoms with Gasteiger partial charge in [0, 0.05) is 17.1 Å². The molecule has 2 atom stereocenters. The fourth-order valence-corrected chi connectivity index (χ4v) is 2.22. The zero-order chi connectivity index (χ0) is 13.0. The number of hydrogen-bond acceptors (Lipinski definition) is 3. The Hall–Kier alpha value is -1.26. The van der Waals surface area contributed by atoms with Gasteiger partial charge in [0.1, 0.15) is 5.75 Å². The summed E-state index contributed by atoms with van der Waals surface area (Å²) >= 11 is 5.76. The van der Waals surface area contributed by atoms with Crippen LogP contribution < -0.4 is 15.8 Å². The van der Waals surface area contributed by atoms with Crippen LogP contribution >= 0.6 is 11.6 Å². The van der Waals surface area contributed by atoms with Crippen LogP contribution in [0.4, 0.5) is 0 Å². The van der Waals surface area contributed by atoms with E-state index in [1.54, 1.807) is 24.3 Å². The van der Waals surface area contributed by atoms with E-state index in [0.717, 1.165) is 19.3 Å². The molecular weight excluding hydrogens is 252 g/mol. The Morgan fingerprint density at radius 1 is 1.39 bits per heavy atom. The second-order valence-electron chi connectivity index (χ2n) is 4.51. The van der Waals surface area contributed by atoms with Crippen molar-refractivity contribution in [2.75, 3.05) is 6.61 Å². The van der Waals surface area contributed by atoms with E-state index < -0.39 is 0 Å². The van der Waals surface area contributed by atoms with Gasteiger partial charge in [0.15, 0.2) is 6.61 Å². The molecule has 2 rings (SSSR count). The van der Waals surface area contributed by atoms with Gasteiger partial charge in [-0.05, 0) is 43.5 Å². The van der Waals surface area contributed by atoms with Gasteiger partial charge in [-0.1, -0.05) is 11.6 Å². The van der Waals surface area contributed by atoms with E-state index in [1.807, 2.05) is 0 Å². The molecule has 18 heavy (non-hydrogen) atoms. The second kappa shape index (κ2) is 6.07. The van der Waals surface area contributed by atoms with Gasteiger partial charge in [0.05, 0.1) is 0 Å². The molecule has 1 aliphatic carbocycles. The topological polar surface area (TPSA) is 64.3 Å². The molecule has 1 saturated carbocycles. The molecule has 0 bridgehead atoms. The van der Waals surface area contributed by atoms with Gasteiger partial charge in [0.2, 0.25) is 0 Å². The number of carbonyl (C=O) groups is 1. The van der Waals surface area contributed by atoms with Crippen LogP contribution in [0.2, 0.25) is 5.02 Å². The third-order valence-corrected chi connectivity index (χ3v) is 3.35. The Labute approximate surface area is 111 Å². The molecule has 1 aromatic carbocycles. The van der Waals surface area contributed by atoms with Gasteiger partial charge in [-0.2, -0.15) is 0 Å². The first-order chi connectivity index (χ1) is 8.65. The smallest absolute Gasteiger partial charge is 0.258 e. The lowest BCUT2D eigenvalue weighted by Gasteiger charge is -2.17. The second-order valence-corrected chi connectivity index (χ2v) is 4.95. The predicted molar refractivity (Wildman–Crippen MR) is 70.7 cm³/mol. The number of benzene rings is 1. The summed E-state index contributed by atoms with van der Waals surface area (Å²) in [4.78, 5) is 11.7. The molecule has 0 aromatic heterocycles. The normalized spacial score (nSPS) is 22.8. The highest BCUT2D eigenvalue weighted by Gasteiger charge is 2.25. The molecule has 1 amide bonds. The highest BCUT2D eigenvalue weighted by molar-refractivity contribution is 6.30. The Balaban J connectivity index is 1.76. The van der Waals surface area contributed by atoms with E-state index in [1.165, 1.54) is 0 Å². The number of rotatable bonds is 4. The van der Waals surface area contributed by atoms with Gasteiger partial charge in [-0.3, -0.25) is 4.79 Å². The van der Waals surface area contributed by atoms with Crippen molar-refractivity contribution in [1.82, 2.24) is 5.32 Å². The van der Waals surface area contributed by atoms with Crippen molar-refractivity contribution >= 4 is 17.5 Å². The number of ether oxygens (including phenoxy) is 1. The van der Waals surface area contributed by atoms with Crippen LogP contribution in [0.3, 0.4) is 0 Å². The summed E-state index contributed by atoms with van der Waals surface area (Å²) < 4.78 is 5.36. The lowest BCUT2D eigenvalue weighted by Crippen LogP contribution is -2.45. The zero-order valence-corrected chi connectivity index (χ0v) is 10.8. The van der Waals surface area contributed by atoms with Crippen molar-refractivity contribution < 1.29 is 9.53 Å². The first-order valence-corrected chi connectivity index (χ1v) is 6.46. The molecular formula is C13H17ClN2O2. The Morgan fingerprint density at radius 3 is 2.72 bits per heavy atom. The van der Waals surface area contributed by atoms with Crippen LogP contribution in [0.15, 0.2) is 24.3 Å². The molecule has 1 fully saturated rings. The van der Waals surface area contributed by atoms with Crippen molar-refractivity contribution in [3.05, 3.63) is 29.3 Å². The fourth-order valence-electron chi connectivity index (χ4n) is 2.10. The summed E-state index contributed by atoms with van der Waals surface area (Å²) in [6, 6.07) is 7.08. The molecule has 1 aliphatic rings. The SMILES string of the molecule is NC1CCCC1NC(=O)COc1ccc(Cl)cc1. The summed E-state index contributed by atoms with van der Waals surface area (Å²) in [5.74, 6) is 0.498. The van der Waals surface area contributed by atoms with E-state index in [4.69, 9.17) is 22.1 Å². The molecule has 0 saturated heterocycles. The summed E-state index contributed by atoms with van der Waals surface area (Å²) in [6.45, 7) is 0.00481. The maximum absolute atomic E-state index is 11.7. The Morgan fingerprint density at radius 2 is 2.11 bits per heavy atom. The summed E-state index contributed by atoms with van der Waals surface area (Å²) in [5, 5.41) is 3.54. The number of amides is 1. The minimum atomic E-state index is -0.132. The van der Waals surface area contributed by atoms with Crippen molar-refractivity contribution in [2.24, 2.45) is 5.73 Å². The van der Waals surface area contributed by atoms with Crippen molar-refractivity contribution in [1.29, 1.82) is 0 Å². The lowest BCUT2D eigenvalue weighted by molar-refractivity contribution is -0.123. The monoisotopic (exact) mass is 268 g/mol. The average molecular weight is 269 g/mol. The molecule has 2 unspecified atom stereocenters. The first kappa shape index (κ1) is 13.2. The molecule has 98 valence electrons. The Kier molecular flexibility index (Phi) is 4.44. The number of nitrogens with two attached hydrogens (primary N) is 1.